The third-order valence-corrected chi connectivity index (χ3v) is 7.12. The Morgan fingerprint density at radius 2 is 2.03 bits per heavy atom. The highest BCUT2D eigenvalue weighted by Gasteiger charge is 2.54. The number of carbonyl (C=O) groups excluding carboxylic acids is 3. The van der Waals surface area contributed by atoms with Crippen LogP contribution in [0, 0.1) is 0 Å². The lowest BCUT2D eigenvalue weighted by Gasteiger charge is -2.49. The molecule has 0 unspecified atom stereocenters. The van der Waals surface area contributed by atoms with Crippen molar-refractivity contribution in [3.05, 3.63) is 58.2 Å². The van der Waals surface area contributed by atoms with Gasteiger partial charge in [0, 0.05) is 30.2 Å². The van der Waals surface area contributed by atoms with E-state index in [9.17, 15) is 24.3 Å². The number of hydrogen-bond acceptors (Lipinski definition) is 9. The van der Waals surface area contributed by atoms with Gasteiger partial charge in [0.05, 0.1) is 0 Å². The molecule has 1 saturated heterocycles. The number of thioether (sulfide) groups is 1. The SMILES string of the molecule is CC(=O)OCC1=C(C(=O)O)N2C(=O)[C@H](Nc3nc(C(=O)NCc4ccccc4)cs3)[C@@H]2SC1. The molecule has 12 heteroatoms. The van der Waals surface area contributed by atoms with Gasteiger partial charge in [-0.15, -0.1) is 23.1 Å². The fourth-order valence-electron chi connectivity index (χ4n) is 3.43. The zero-order valence-corrected chi connectivity index (χ0v) is 19.1. The number of esters is 1. The molecule has 0 spiro atoms. The maximum atomic E-state index is 12.7. The normalized spacial score (nSPS) is 19.4. The molecule has 1 aromatic carbocycles. The predicted octanol–water partition coefficient (Wildman–Crippen LogP) is 1.67. The average molecular weight is 489 g/mol. The van der Waals surface area contributed by atoms with Gasteiger partial charge in [0.25, 0.3) is 11.8 Å². The first-order valence-electron chi connectivity index (χ1n) is 9.92. The summed E-state index contributed by atoms with van der Waals surface area (Å²) >= 11 is 2.56. The highest BCUT2D eigenvalue weighted by molar-refractivity contribution is 8.00. The second-order valence-electron chi connectivity index (χ2n) is 7.28. The van der Waals surface area contributed by atoms with Crippen LogP contribution in [-0.2, 0) is 25.7 Å². The Bertz CT molecular complexity index is 1130. The van der Waals surface area contributed by atoms with Crippen LogP contribution in [0.2, 0.25) is 0 Å². The van der Waals surface area contributed by atoms with E-state index in [0.717, 1.165) is 5.56 Å². The van der Waals surface area contributed by atoms with E-state index < -0.39 is 29.3 Å². The molecule has 2 atom stereocenters. The largest absolute Gasteiger partial charge is 0.477 e. The quantitative estimate of drug-likeness (QED) is 0.374. The number of β-lactam (4-membered cyclic amide) rings is 1. The second-order valence-corrected chi connectivity index (χ2v) is 9.24. The monoisotopic (exact) mass is 488 g/mol. The number of benzene rings is 1. The van der Waals surface area contributed by atoms with Crippen LogP contribution in [0.4, 0.5) is 5.13 Å². The number of nitrogens with one attached hydrogen (secondary N) is 2. The van der Waals surface area contributed by atoms with E-state index in [1.807, 2.05) is 30.3 Å². The molecule has 0 bridgehead atoms. The van der Waals surface area contributed by atoms with Gasteiger partial charge in [-0.05, 0) is 5.56 Å². The molecule has 172 valence electrons. The molecule has 3 N–H and O–H groups in total. The maximum Gasteiger partial charge on any atom is 0.352 e. The van der Waals surface area contributed by atoms with Crippen LogP contribution in [0.1, 0.15) is 23.0 Å². The molecule has 33 heavy (non-hydrogen) atoms. The molecule has 0 saturated carbocycles. The zero-order valence-electron chi connectivity index (χ0n) is 17.4. The minimum absolute atomic E-state index is 0.150. The molecule has 2 aliphatic rings. The number of aromatic nitrogens is 1. The van der Waals surface area contributed by atoms with Crippen molar-refractivity contribution < 1.29 is 29.0 Å². The van der Waals surface area contributed by atoms with Crippen molar-refractivity contribution in [2.75, 3.05) is 17.7 Å². The number of fused-ring (bicyclic) bond motifs is 1. The molecule has 4 rings (SSSR count). The molecule has 3 heterocycles. The first-order chi connectivity index (χ1) is 15.8. The fourth-order valence-corrected chi connectivity index (χ4v) is 5.49. The van der Waals surface area contributed by atoms with Crippen LogP contribution >= 0.6 is 23.1 Å². The average Bonchev–Trinajstić information content (AvgIpc) is 3.28. The Morgan fingerprint density at radius 3 is 2.73 bits per heavy atom. The van der Waals surface area contributed by atoms with E-state index in [1.54, 1.807) is 5.38 Å². The summed E-state index contributed by atoms with van der Waals surface area (Å²) < 4.78 is 4.93. The molecule has 2 aliphatic heterocycles. The molecular weight excluding hydrogens is 468 g/mol. The lowest BCUT2D eigenvalue weighted by molar-refractivity contribution is -0.147. The van der Waals surface area contributed by atoms with E-state index >= 15 is 0 Å². The van der Waals surface area contributed by atoms with Gasteiger partial charge >= 0.3 is 11.9 Å². The van der Waals surface area contributed by atoms with Crippen LogP contribution in [0.3, 0.4) is 0 Å². The molecule has 10 nitrogen and oxygen atoms in total. The Balaban J connectivity index is 1.39. The van der Waals surface area contributed by atoms with Crippen molar-refractivity contribution in [1.82, 2.24) is 15.2 Å². The van der Waals surface area contributed by atoms with Gasteiger partial charge in [-0.25, -0.2) is 9.78 Å². The number of thiazole rings is 1. The summed E-state index contributed by atoms with van der Waals surface area (Å²) in [7, 11) is 0. The molecule has 1 fully saturated rings. The van der Waals surface area contributed by atoms with Gasteiger partial charge < -0.3 is 20.5 Å². The summed E-state index contributed by atoms with van der Waals surface area (Å²) in [5.74, 6) is -2.22. The number of carboxylic acid groups (broad SMARTS) is 1. The summed E-state index contributed by atoms with van der Waals surface area (Å²) in [6.07, 6.45) is 0. The van der Waals surface area contributed by atoms with E-state index in [-0.39, 0.29) is 23.9 Å². The number of carboxylic acids is 1. The number of carbonyl (C=O) groups is 4. The van der Waals surface area contributed by atoms with Crippen LogP contribution in [0.15, 0.2) is 47.0 Å². The summed E-state index contributed by atoms with van der Waals surface area (Å²) in [5, 5.41) is 17.0. The third kappa shape index (κ3) is 4.86. The van der Waals surface area contributed by atoms with Crippen molar-refractivity contribution >= 4 is 52.0 Å². The number of rotatable bonds is 8. The molecule has 2 aromatic rings. The highest BCUT2D eigenvalue weighted by Crippen LogP contribution is 2.41. The number of hydrogen-bond donors (Lipinski definition) is 3. The minimum Gasteiger partial charge on any atom is -0.477 e. The Hall–Kier alpha value is -3.38. The summed E-state index contributed by atoms with van der Waals surface area (Å²) in [4.78, 5) is 53.4. The van der Waals surface area contributed by atoms with E-state index in [0.29, 0.717) is 23.0 Å². The van der Waals surface area contributed by atoms with Crippen molar-refractivity contribution in [3.63, 3.8) is 0 Å². The standard InChI is InChI=1S/C21H20N4O6S2/c1-11(26)31-8-13-9-32-19-15(18(28)25(19)16(13)20(29)30)24-21-23-14(10-33-21)17(27)22-7-12-5-3-2-4-6-12/h2-6,10,15,19H,7-9H2,1H3,(H,22,27)(H,23,24)(H,29,30)/t15-,19-/m0/s1. The van der Waals surface area contributed by atoms with Gasteiger partial charge in [0.15, 0.2) is 5.13 Å². The van der Waals surface area contributed by atoms with Crippen LogP contribution in [0.5, 0.6) is 0 Å². The van der Waals surface area contributed by atoms with Crippen molar-refractivity contribution in [2.24, 2.45) is 0 Å². The van der Waals surface area contributed by atoms with Gasteiger partial charge in [-0.3, -0.25) is 19.3 Å². The van der Waals surface area contributed by atoms with E-state index in [2.05, 4.69) is 15.6 Å². The summed E-state index contributed by atoms with van der Waals surface area (Å²) in [5.41, 5.74) is 1.41. The lowest BCUT2D eigenvalue weighted by atomic mass is 10.0. The first-order valence-corrected chi connectivity index (χ1v) is 11.9. The first kappa shape index (κ1) is 22.8. The van der Waals surface area contributed by atoms with Crippen LogP contribution in [-0.4, -0.2) is 62.5 Å². The van der Waals surface area contributed by atoms with E-state index in [4.69, 9.17) is 4.74 Å². The number of anilines is 1. The highest BCUT2D eigenvalue weighted by atomic mass is 32.2. The topological polar surface area (TPSA) is 138 Å². The fraction of sp³-hybridized carbons (Fsp3) is 0.286. The van der Waals surface area contributed by atoms with Crippen molar-refractivity contribution in [2.45, 2.75) is 24.9 Å². The Kier molecular flexibility index (Phi) is 6.65. The van der Waals surface area contributed by atoms with Gasteiger partial charge in [0.1, 0.15) is 29.4 Å². The Morgan fingerprint density at radius 1 is 1.27 bits per heavy atom. The number of ether oxygens (including phenoxy) is 1. The predicted molar refractivity (Wildman–Crippen MR) is 122 cm³/mol. The van der Waals surface area contributed by atoms with Gasteiger partial charge in [-0.1, -0.05) is 30.3 Å². The summed E-state index contributed by atoms with van der Waals surface area (Å²) in [6.45, 7) is 1.43. The minimum atomic E-state index is -1.25. The van der Waals surface area contributed by atoms with Crippen molar-refractivity contribution in [3.8, 4) is 0 Å². The van der Waals surface area contributed by atoms with Crippen LogP contribution < -0.4 is 10.6 Å². The maximum absolute atomic E-state index is 12.7. The second kappa shape index (κ2) is 9.63. The summed E-state index contributed by atoms with van der Waals surface area (Å²) in [6, 6.07) is 8.81. The molecule has 2 amide bonds. The smallest absolute Gasteiger partial charge is 0.352 e. The lowest BCUT2D eigenvalue weighted by Crippen LogP contribution is -2.67. The number of aliphatic carboxylic acids is 1. The van der Waals surface area contributed by atoms with Crippen LogP contribution in [0.25, 0.3) is 0 Å². The van der Waals surface area contributed by atoms with Gasteiger partial charge in [-0.2, -0.15) is 0 Å². The number of amides is 2. The zero-order chi connectivity index (χ0) is 23.5. The molecule has 0 radical (unpaired) electrons. The van der Waals surface area contributed by atoms with Gasteiger partial charge in [0.2, 0.25) is 0 Å². The molecular formula is C21H20N4O6S2. The van der Waals surface area contributed by atoms with E-state index in [1.165, 1.54) is 34.9 Å². The Labute approximate surface area is 197 Å². The van der Waals surface area contributed by atoms with Crippen molar-refractivity contribution in [1.29, 1.82) is 0 Å². The number of nitrogens with zero attached hydrogens (tertiary/aromatic N) is 2. The third-order valence-electron chi connectivity index (χ3n) is 5.01. The molecule has 1 aromatic heterocycles. The molecule has 0 aliphatic carbocycles.